The van der Waals surface area contributed by atoms with Crippen LogP contribution in [0.3, 0.4) is 0 Å². The lowest BCUT2D eigenvalue weighted by molar-refractivity contribution is -0.137. The second-order valence-electron chi connectivity index (χ2n) is 6.80. The number of rotatable bonds is 6. The number of esters is 1. The molecule has 1 aromatic carbocycles. The van der Waals surface area contributed by atoms with Crippen LogP contribution < -0.4 is 0 Å². The van der Waals surface area contributed by atoms with E-state index in [0.29, 0.717) is 25.3 Å². The van der Waals surface area contributed by atoms with Crippen LogP contribution in [0.1, 0.15) is 37.8 Å². The van der Waals surface area contributed by atoms with Crippen LogP contribution in [-0.2, 0) is 14.3 Å². The van der Waals surface area contributed by atoms with Crippen molar-refractivity contribution in [2.75, 3.05) is 19.7 Å². The molecule has 0 amide bonds. The number of Topliss-reactive ketones (excluding diaryl/α,β-unsaturated/α-hetero) is 1. The molecule has 0 spiro atoms. The quantitative estimate of drug-likeness (QED) is 0.396. The number of ketones is 1. The summed E-state index contributed by atoms with van der Waals surface area (Å²) in [6, 6.07) is 5.88. The van der Waals surface area contributed by atoms with Crippen molar-refractivity contribution in [3.05, 3.63) is 47.3 Å². The molecule has 1 aliphatic heterocycles. The van der Waals surface area contributed by atoms with E-state index in [1.807, 2.05) is 4.90 Å². The van der Waals surface area contributed by atoms with Crippen molar-refractivity contribution in [3.8, 4) is 0 Å². The molecule has 140 valence electrons. The Balaban J connectivity index is 1.88. The van der Waals surface area contributed by atoms with Crippen molar-refractivity contribution in [2.24, 2.45) is 5.92 Å². The first-order chi connectivity index (χ1) is 12.5. The predicted octanol–water partition coefficient (Wildman–Crippen LogP) is 3.80. The van der Waals surface area contributed by atoms with Crippen molar-refractivity contribution in [1.29, 1.82) is 0 Å². The Hall–Kier alpha value is -1.53. The second-order valence-corrected chi connectivity index (χ2v) is 7.90. The lowest BCUT2D eigenvalue weighted by Gasteiger charge is -2.37. The number of benzene rings is 1. The normalized spacial score (nSPS) is 23.7. The van der Waals surface area contributed by atoms with E-state index in [1.54, 1.807) is 25.1 Å². The number of hydrogen-bond acceptors (Lipinski definition) is 4. The predicted molar refractivity (Wildman–Crippen MR) is 100 cm³/mol. The SMILES string of the molecule is CCOC(=O)C=C1CN(C(C(=O)C2CC2)c2ccccc2F)CCC1Br. The highest BCUT2D eigenvalue weighted by molar-refractivity contribution is 9.09. The Kier molecular flexibility index (Phi) is 6.24. The fourth-order valence-electron chi connectivity index (χ4n) is 3.39. The number of ether oxygens (including phenoxy) is 1. The van der Waals surface area contributed by atoms with E-state index >= 15 is 0 Å². The maximum atomic E-state index is 14.4. The van der Waals surface area contributed by atoms with Crippen molar-refractivity contribution >= 4 is 27.7 Å². The number of hydrogen-bond donors (Lipinski definition) is 0. The minimum absolute atomic E-state index is 0.0267. The summed E-state index contributed by atoms with van der Waals surface area (Å²) >= 11 is 3.60. The molecule has 1 saturated carbocycles. The molecule has 2 aliphatic rings. The van der Waals surface area contributed by atoms with E-state index in [-0.39, 0.29) is 28.3 Å². The zero-order chi connectivity index (χ0) is 18.7. The number of nitrogens with zero attached hydrogens (tertiary/aromatic N) is 1. The van der Waals surface area contributed by atoms with Crippen LogP contribution in [0.4, 0.5) is 4.39 Å². The third-order valence-electron chi connectivity index (χ3n) is 4.86. The van der Waals surface area contributed by atoms with Crippen LogP contribution in [0, 0.1) is 11.7 Å². The molecular weight excluding hydrogens is 401 g/mol. The Morgan fingerprint density at radius 3 is 2.73 bits per heavy atom. The maximum absolute atomic E-state index is 14.4. The molecule has 0 radical (unpaired) electrons. The van der Waals surface area contributed by atoms with Crippen molar-refractivity contribution in [2.45, 2.75) is 37.1 Å². The Labute approximate surface area is 161 Å². The zero-order valence-corrected chi connectivity index (χ0v) is 16.4. The summed E-state index contributed by atoms with van der Waals surface area (Å²) in [6.07, 6.45) is 4.00. The Morgan fingerprint density at radius 2 is 2.08 bits per heavy atom. The van der Waals surface area contributed by atoms with Gasteiger partial charge in [-0.3, -0.25) is 9.69 Å². The lowest BCUT2D eigenvalue weighted by atomic mass is 9.94. The molecule has 26 heavy (non-hydrogen) atoms. The van der Waals surface area contributed by atoms with Gasteiger partial charge in [0.05, 0.1) is 12.6 Å². The maximum Gasteiger partial charge on any atom is 0.330 e. The molecule has 4 nitrogen and oxygen atoms in total. The van der Waals surface area contributed by atoms with Gasteiger partial charge in [0.25, 0.3) is 0 Å². The highest BCUT2D eigenvalue weighted by atomic mass is 79.9. The second kappa shape index (κ2) is 8.44. The highest BCUT2D eigenvalue weighted by Gasteiger charge is 2.41. The molecule has 0 bridgehead atoms. The summed E-state index contributed by atoms with van der Waals surface area (Å²) in [5, 5.41) is 0. The van der Waals surface area contributed by atoms with Crippen molar-refractivity contribution in [1.82, 2.24) is 4.90 Å². The number of carbonyl (C=O) groups excluding carboxylic acids is 2. The molecule has 3 rings (SSSR count). The van der Waals surface area contributed by atoms with Gasteiger partial charge < -0.3 is 4.74 Å². The zero-order valence-electron chi connectivity index (χ0n) is 14.8. The minimum atomic E-state index is -0.603. The number of halogens is 2. The van der Waals surface area contributed by atoms with E-state index in [2.05, 4.69) is 15.9 Å². The number of piperidine rings is 1. The first kappa shape index (κ1) is 19.2. The fraction of sp³-hybridized carbons (Fsp3) is 0.500. The molecule has 0 N–H and O–H groups in total. The number of alkyl halides is 1. The molecule has 0 aromatic heterocycles. The summed E-state index contributed by atoms with van der Waals surface area (Å²) in [5.74, 6) is -0.634. The van der Waals surface area contributed by atoms with E-state index in [1.165, 1.54) is 12.1 Å². The third-order valence-corrected chi connectivity index (χ3v) is 5.91. The van der Waals surface area contributed by atoms with Gasteiger partial charge in [0, 0.05) is 35.5 Å². The van der Waals surface area contributed by atoms with Crippen LogP contribution in [0.25, 0.3) is 0 Å². The average molecular weight is 424 g/mol. The smallest absolute Gasteiger partial charge is 0.330 e. The van der Waals surface area contributed by atoms with Gasteiger partial charge in [0.2, 0.25) is 0 Å². The number of likely N-dealkylation sites (tertiary alicyclic amines) is 1. The van der Waals surface area contributed by atoms with Crippen molar-refractivity contribution < 1.29 is 18.7 Å². The summed E-state index contributed by atoms with van der Waals surface area (Å²) < 4.78 is 19.5. The van der Waals surface area contributed by atoms with Crippen LogP contribution in [-0.4, -0.2) is 41.2 Å². The fourth-order valence-corrected chi connectivity index (χ4v) is 3.87. The lowest BCUT2D eigenvalue weighted by Crippen LogP contribution is -2.42. The molecule has 1 aliphatic carbocycles. The van der Waals surface area contributed by atoms with Gasteiger partial charge in [0.15, 0.2) is 5.78 Å². The molecule has 2 fully saturated rings. The molecule has 1 heterocycles. The van der Waals surface area contributed by atoms with Gasteiger partial charge in [0.1, 0.15) is 5.82 Å². The monoisotopic (exact) mass is 423 g/mol. The highest BCUT2D eigenvalue weighted by Crippen LogP contribution is 2.39. The van der Waals surface area contributed by atoms with Gasteiger partial charge in [-0.1, -0.05) is 34.1 Å². The van der Waals surface area contributed by atoms with Gasteiger partial charge >= 0.3 is 5.97 Å². The molecule has 6 heteroatoms. The summed E-state index contributed by atoms with van der Waals surface area (Å²) in [5.41, 5.74) is 1.28. The summed E-state index contributed by atoms with van der Waals surface area (Å²) in [6.45, 7) is 3.18. The van der Waals surface area contributed by atoms with Crippen LogP contribution in [0.2, 0.25) is 0 Å². The van der Waals surface area contributed by atoms with E-state index < -0.39 is 6.04 Å². The Bertz CT molecular complexity index is 717. The molecule has 2 unspecified atom stereocenters. The van der Waals surface area contributed by atoms with E-state index in [0.717, 1.165) is 24.8 Å². The average Bonchev–Trinajstić information content (AvgIpc) is 3.45. The van der Waals surface area contributed by atoms with Crippen molar-refractivity contribution in [3.63, 3.8) is 0 Å². The molecule has 1 saturated heterocycles. The molecule has 1 aromatic rings. The van der Waals surface area contributed by atoms with E-state index in [4.69, 9.17) is 4.74 Å². The van der Waals surface area contributed by atoms with Gasteiger partial charge in [-0.05, 0) is 37.8 Å². The van der Waals surface area contributed by atoms with Crippen LogP contribution in [0.15, 0.2) is 35.9 Å². The van der Waals surface area contributed by atoms with Gasteiger partial charge in [-0.2, -0.15) is 0 Å². The van der Waals surface area contributed by atoms with Gasteiger partial charge in [-0.15, -0.1) is 0 Å². The largest absolute Gasteiger partial charge is 0.463 e. The van der Waals surface area contributed by atoms with Gasteiger partial charge in [-0.25, -0.2) is 9.18 Å². The summed E-state index contributed by atoms with van der Waals surface area (Å²) in [4.78, 5) is 26.8. The Morgan fingerprint density at radius 1 is 1.35 bits per heavy atom. The first-order valence-electron chi connectivity index (χ1n) is 9.04. The minimum Gasteiger partial charge on any atom is -0.463 e. The third kappa shape index (κ3) is 4.41. The molecule has 2 atom stereocenters. The summed E-state index contributed by atoms with van der Waals surface area (Å²) in [7, 11) is 0. The van der Waals surface area contributed by atoms with Crippen LogP contribution >= 0.6 is 15.9 Å². The standard InChI is InChI=1S/C20H23BrFNO3/c1-2-26-18(24)11-14-12-23(10-9-16(14)21)19(20(25)13-7-8-13)15-5-3-4-6-17(15)22/h3-6,11,13,16,19H,2,7-10,12H2,1H3. The number of carbonyl (C=O) groups is 2. The van der Waals surface area contributed by atoms with E-state index in [9.17, 15) is 14.0 Å². The van der Waals surface area contributed by atoms with Crippen LogP contribution in [0.5, 0.6) is 0 Å². The topological polar surface area (TPSA) is 46.6 Å². The molecular formula is C20H23BrFNO3. The first-order valence-corrected chi connectivity index (χ1v) is 9.96.